The largest absolute Gasteiger partial charge is 0.364 e. The number of aromatic nitrogens is 1. The summed E-state index contributed by atoms with van der Waals surface area (Å²) >= 11 is 3.46. The number of fused-ring (bicyclic) bond motifs is 1. The normalized spacial score (nSPS) is 13.3. The van der Waals surface area contributed by atoms with Crippen molar-refractivity contribution in [2.24, 2.45) is 0 Å². The van der Waals surface area contributed by atoms with Crippen LogP contribution >= 0.6 is 23.1 Å². The van der Waals surface area contributed by atoms with Gasteiger partial charge in [-0.15, -0.1) is 23.1 Å². The van der Waals surface area contributed by atoms with Crippen molar-refractivity contribution in [1.82, 2.24) is 4.98 Å². The minimum atomic E-state index is -0.0283. The van der Waals surface area contributed by atoms with Crippen molar-refractivity contribution < 1.29 is 4.79 Å². The SMILES string of the molecule is Cc1ccc(NC(=O)Cc2nc(CN3CCSc4ccccc43)cs2)cc1. The second-order valence-corrected chi connectivity index (χ2v) is 8.64. The van der Waals surface area contributed by atoms with E-state index in [-0.39, 0.29) is 5.91 Å². The van der Waals surface area contributed by atoms with Crippen LogP contribution < -0.4 is 10.2 Å². The van der Waals surface area contributed by atoms with Gasteiger partial charge in [-0.1, -0.05) is 29.8 Å². The van der Waals surface area contributed by atoms with E-state index < -0.39 is 0 Å². The van der Waals surface area contributed by atoms with Crippen LogP contribution in [-0.2, 0) is 17.8 Å². The van der Waals surface area contributed by atoms with E-state index in [2.05, 4.69) is 44.8 Å². The number of carbonyl (C=O) groups excluding carboxylic acids is 1. The smallest absolute Gasteiger partial charge is 0.231 e. The molecule has 0 aliphatic carbocycles. The van der Waals surface area contributed by atoms with E-state index >= 15 is 0 Å². The molecule has 0 bridgehead atoms. The van der Waals surface area contributed by atoms with Crippen molar-refractivity contribution in [2.45, 2.75) is 24.8 Å². The van der Waals surface area contributed by atoms with Gasteiger partial charge in [0, 0.05) is 28.3 Å². The van der Waals surface area contributed by atoms with Crippen molar-refractivity contribution in [3.8, 4) is 0 Å². The highest BCUT2D eigenvalue weighted by molar-refractivity contribution is 7.99. The predicted molar refractivity (Wildman–Crippen MR) is 114 cm³/mol. The number of rotatable bonds is 5. The second kappa shape index (κ2) is 8.15. The van der Waals surface area contributed by atoms with Gasteiger partial charge in [-0.25, -0.2) is 4.98 Å². The molecule has 4 rings (SSSR count). The van der Waals surface area contributed by atoms with Crippen LogP contribution in [-0.4, -0.2) is 23.2 Å². The first-order valence-corrected chi connectivity index (χ1v) is 10.8. The maximum Gasteiger partial charge on any atom is 0.231 e. The zero-order chi connectivity index (χ0) is 18.6. The summed E-state index contributed by atoms with van der Waals surface area (Å²) in [5.74, 6) is 1.06. The van der Waals surface area contributed by atoms with Crippen LogP contribution in [0.1, 0.15) is 16.3 Å². The fourth-order valence-corrected chi connectivity index (χ4v) is 4.90. The summed E-state index contributed by atoms with van der Waals surface area (Å²) < 4.78 is 0. The summed E-state index contributed by atoms with van der Waals surface area (Å²) in [4.78, 5) is 20.7. The third kappa shape index (κ3) is 4.51. The molecule has 4 nitrogen and oxygen atoms in total. The van der Waals surface area contributed by atoms with Crippen molar-refractivity contribution >= 4 is 40.4 Å². The molecular weight excluding hydrogens is 374 g/mol. The first kappa shape index (κ1) is 18.1. The molecule has 1 aliphatic rings. The molecule has 0 fully saturated rings. The van der Waals surface area contributed by atoms with Crippen LogP contribution in [0.2, 0.25) is 0 Å². The number of thiazole rings is 1. The van der Waals surface area contributed by atoms with Gasteiger partial charge in [0.2, 0.25) is 5.91 Å². The number of hydrogen-bond acceptors (Lipinski definition) is 5. The Hall–Kier alpha value is -2.31. The van der Waals surface area contributed by atoms with Crippen LogP contribution in [0.5, 0.6) is 0 Å². The Labute approximate surface area is 167 Å². The highest BCUT2D eigenvalue weighted by atomic mass is 32.2. The van der Waals surface area contributed by atoms with E-state index in [0.717, 1.165) is 35.2 Å². The summed E-state index contributed by atoms with van der Waals surface area (Å²) in [5, 5.41) is 5.86. The zero-order valence-electron chi connectivity index (χ0n) is 15.1. The Kier molecular flexibility index (Phi) is 5.45. The molecule has 1 amide bonds. The van der Waals surface area contributed by atoms with Gasteiger partial charge in [0.15, 0.2) is 0 Å². The highest BCUT2D eigenvalue weighted by Crippen LogP contribution is 2.35. The Balaban J connectivity index is 1.38. The van der Waals surface area contributed by atoms with E-state index in [9.17, 15) is 4.79 Å². The summed E-state index contributed by atoms with van der Waals surface area (Å²) in [6, 6.07) is 16.3. The standard InChI is InChI=1S/C21H21N3OS2/c1-15-6-8-16(9-7-15)22-20(25)12-21-23-17(14-27-21)13-24-10-11-26-19-5-3-2-4-18(19)24/h2-9,14H,10-13H2,1H3,(H,22,25). The monoisotopic (exact) mass is 395 g/mol. The maximum atomic E-state index is 12.3. The molecule has 1 aliphatic heterocycles. The van der Waals surface area contributed by atoms with Gasteiger partial charge in [-0.05, 0) is 31.2 Å². The number of amides is 1. The van der Waals surface area contributed by atoms with Crippen LogP contribution in [0.25, 0.3) is 0 Å². The summed E-state index contributed by atoms with van der Waals surface area (Å²) in [6.07, 6.45) is 0.310. The first-order valence-electron chi connectivity index (χ1n) is 8.94. The van der Waals surface area contributed by atoms with Gasteiger partial charge in [0.1, 0.15) is 5.01 Å². The van der Waals surface area contributed by atoms with Crippen molar-refractivity contribution in [1.29, 1.82) is 0 Å². The zero-order valence-corrected chi connectivity index (χ0v) is 16.8. The van der Waals surface area contributed by atoms with Crippen LogP contribution in [0, 0.1) is 6.92 Å². The summed E-state index contributed by atoms with van der Waals surface area (Å²) in [6.45, 7) is 3.83. The van der Waals surface area contributed by atoms with E-state index in [0.29, 0.717) is 6.42 Å². The maximum absolute atomic E-state index is 12.3. The lowest BCUT2D eigenvalue weighted by molar-refractivity contribution is -0.115. The molecule has 0 spiro atoms. The number of hydrogen-bond donors (Lipinski definition) is 1. The molecule has 1 aromatic heterocycles. The molecule has 0 atom stereocenters. The Morgan fingerprint density at radius 2 is 2.00 bits per heavy atom. The van der Waals surface area contributed by atoms with Gasteiger partial charge < -0.3 is 10.2 Å². The molecule has 2 heterocycles. The Morgan fingerprint density at radius 3 is 2.85 bits per heavy atom. The molecule has 27 heavy (non-hydrogen) atoms. The Bertz CT molecular complexity index is 937. The minimum absolute atomic E-state index is 0.0283. The number of para-hydroxylation sites is 1. The van der Waals surface area contributed by atoms with Crippen LogP contribution in [0.4, 0.5) is 11.4 Å². The molecule has 2 aromatic carbocycles. The van der Waals surface area contributed by atoms with Gasteiger partial charge in [-0.3, -0.25) is 4.79 Å². The fraction of sp³-hybridized carbons (Fsp3) is 0.238. The number of benzene rings is 2. The van der Waals surface area contributed by atoms with E-state index in [4.69, 9.17) is 0 Å². The lowest BCUT2D eigenvalue weighted by Crippen LogP contribution is -2.28. The third-order valence-electron chi connectivity index (χ3n) is 4.42. The quantitative estimate of drug-likeness (QED) is 0.677. The number of carbonyl (C=O) groups is 1. The van der Waals surface area contributed by atoms with Crippen molar-refractivity contribution in [2.75, 3.05) is 22.5 Å². The van der Waals surface area contributed by atoms with Gasteiger partial charge in [-0.2, -0.15) is 0 Å². The molecule has 6 heteroatoms. The molecule has 0 saturated carbocycles. The lowest BCUT2D eigenvalue weighted by Gasteiger charge is -2.30. The number of nitrogens with zero attached hydrogens (tertiary/aromatic N) is 2. The van der Waals surface area contributed by atoms with E-state index in [1.807, 2.05) is 43.0 Å². The molecule has 0 saturated heterocycles. The lowest BCUT2D eigenvalue weighted by atomic mass is 10.2. The van der Waals surface area contributed by atoms with Crippen LogP contribution in [0.3, 0.4) is 0 Å². The minimum Gasteiger partial charge on any atom is -0.364 e. The van der Waals surface area contributed by atoms with Gasteiger partial charge in [0.05, 0.1) is 24.3 Å². The molecule has 3 aromatic rings. The van der Waals surface area contributed by atoms with Gasteiger partial charge in [0.25, 0.3) is 0 Å². The highest BCUT2D eigenvalue weighted by Gasteiger charge is 2.18. The van der Waals surface area contributed by atoms with Crippen molar-refractivity contribution in [3.63, 3.8) is 0 Å². The second-order valence-electron chi connectivity index (χ2n) is 6.56. The predicted octanol–water partition coefficient (Wildman–Crippen LogP) is 4.75. The third-order valence-corrected chi connectivity index (χ3v) is 6.36. The van der Waals surface area contributed by atoms with Crippen LogP contribution in [0.15, 0.2) is 58.8 Å². The molecule has 0 unspecified atom stereocenters. The van der Waals surface area contributed by atoms with Crippen molar-refractivity contribution in [3.05, 3.63) is 70.2 Å². The molecular formula is C21H21N3OS2. The number of aryl methyl sites for hydroxylation is 1. The molecule has 1 N–H and O–H groups in total. The van der Waals surface area contributed by atoms with E-state index in [1.54, 1.807) is 11.3 Å². The topological polar surface area (TPSA) is 45.2 Å². The average molecular weight is 396 g/mol. The molecule has 0 radical (unpaired) electrons. The fourth-order valence-electron chi connectivity index (χ4n) is 3.07. The number of thioether (sulfide) groups is 1. The van der Waals surface area contributed by atoms with Gasteiger partial charge >= 0.3 is 0 Å². The average Bonchev–Trinajstić information content (AvgIpc) is 3.10. The summed E-state index contributed by atoms with van der Waals surface area (Å²) in [7, 11) is 0. The van der Waals surface area contributed by atoms with E-state index in [1.165, 1.54) is 16.1 Å². The molecule has 138 valence electrons. The Morgan fingerprint density at radius 1 is 1.19 bits per heavy atom. The number of anilines is 2. The number of nitrogens with one attached hydrogen (secondary N) is 1. The summed E-state index contributed by atoms with van der Waals surface area (Å²) in [5.41, 5.74) is 4.31. The first-order chi connectivity index (χ1) is 13.2.